The van der Waals surface area contributed by atoms with E-state index in [4.69, 9.17) is 9.47 Å². The third-order valence-electron chi connectivity index (χ3n) is 3.79. The number of aryl methyl sites for hydroxylation is 1. The highest BCUT2D eigenvalue weighted by Gasteiger charge is 2.23. The average Bonchev–Trinajstić information content (AvgIpc) is 2.64. The Morgan fingerprint density at radius 2 is 1.81 bits per heavy atom. The molecule has 0 N–H and O–H groups in total. The van der Waals surface area contributed by atoms with Gasteiger partial charge in [0, 0.05) is 18.6 Å². The van der Waals surface area contributed by atoms with Crippen molar-refractivity contribution >= 4 is 21.8 Å². The lowest BCUT2D eigenvalue weighted by molar-refractivity contribution is 0.117. The van der Waals surface area contributed by atoms with E-state index in [0.29, 0.717) is 11.4 Å². The Bertz CT molecular complexity index is 791. The van der Waals surface area contributed by atoms with Crippen LogP contribution in [0.3, 0.4) is 0 Å². The molecule has 0 spiro atoms. The minimum Gasteiger partial charge on any atom is -0.497 e. The van der Waals surface area contributed by atoms with Gasteiger partial charge in [-0.25, -0.2) is 8.42 Å². The predicted octanol–water partition coefficient (Wildman–Crippen LogP) is 3.78. The maximum Gasteiger partial charge on any atom is 0.245 e. The van der Waals surface area contributed by atoms with Crippen molar-refractivity contribution in [2.75, 3.05) is 33.2 Å². The molecule has 0 aliphatic heterocycles. The van der Waals surface area contributed by atoms with E-state index in [1.807, 2.05) is 31.2 Å². The van der Waals surface area contributed by atoms with Crippen LogP contribution in [0.15, 0.2) is 58.3 Å². The fourth-order valence-corrected chi connectivity index (χ4v) is 4.65. The van der Waals surface area contributed by atoms with Crippen molar-refractivity contribution in [1.29, 1.82) is 0 Å². The Balaban J connectivity index is 1.96. The first-order chi connectivity index (χ1) is 12.5. The van der Waals surface area contributed by atoms with E-state index in [1.54, 1.807) is 43.1 Å². The van der Waals surface area contributed by atoms with Gasteiger partial charge in [-0.2, -0.15) is 4.31 Å². The van der Waals surface area contributed by atoms with Gasteiger partial charge in [-0.15, -0.1) is 11.8 Å². The first kappa shape index (κ1) is 20.8. The minimum absolute atomic E-state index is 0.0417. The van der Waals surface area contributed by atoms with E-state index in [9.17, 15) is 8.42 Å². The number of rotatable bonds is 10. The summed E-state index contributed by atoms with van der Waals surface area (Å²) in [6, 6.07) is 14.7. The molecule has 2 aromatic carbocycles. The van der Waals surface area contributed by atoms with Crippen LogP contribution < -0.4 is 4.74 Å². The molecule has 142 valence electrons. The van der Waals surface area contributed by atoms with Gasteiger partial charge in [0.2, 0.25) is 10.0 Å². The van der Waals surface area contributed by atoms with Crippen molar-refractivity contribution in [2.24, 2.45) is 0 Å². The lowest BCUT2D eigenvalue weighted by Crippen LogP contribution is -2.34. The van der Waals surface area contributed by atoms with Gasteiger partial charge in [0.15, 0.2) is 0 Å². The molecule has 0 saturated carbocycles. The van der Waals surface area contributed by atoms with Gasteiger partial charge >= 0.3 is 0 Å². The molecule has 0 saturated heterocycles. The van der Waals surface area contributed by atoms with Crippen LogP contribution in [0, 0.1) is 6.92 Å². The molecule has 0 unspecified atom stereocenters. The second kappa shape index (κ2) is 9.97. The van der Waals surface area contributed by atoms with E-state index < -0.39 is 10.0 Å². The summed E-state index contributed by atoms with van der Waals surface area (Å²) in [5, 5.41) is 0. The molecule has 0 fully saturated rings. The number of hydrogen-bond acceptors (Lipinski definition) is 5. The van der Waals surface area contributed by atoms with Crippen LogP contribution in [-0.2, 0) is 14.8 Å². The van der Waals surface area contributed by atoms with Crippen LogP contribution in [0.1, 0.15) is 12.0 Å². The highest BCUT2D eigenvalue weighted by atomic mass is 32.2. The molecule has 2 rings (SSSR count). The minimum atomic E-state index is -3.56. The zero-order valence-corrected chi connectivity index (χ0v) is 17.0. The average molecular weight is 396 g/mol. The fraction of sp³-hybridized carbons (Fsp3) is 0.368. The van der Waals surface area contributed by atoms with E-state index in [1.165, 1.54) is 11.4 Å². The number of hydrogen-bond donors (Lipinski definition) is 0. The number of thioether (sulfide) groups is 1. The third kappa shape index (κ3) is 5.74. The van der Waals surface area contributed by atoms with Gasteiger partial charge in [0.1, 0.15) is 12.5 Å². The smallest absolute Gasteiger partial charge is 0.245 e. The van der Waals surface area contributed by atoms with Crippen LogP contribution in [0.4, 0.5) is 0 Å². The van der Waals surface area contributed by atoms with Gasteiger partial charge in [-0.1, -0.05) is 23.8 Å². The van der Waals surface area contributed by atoms with Crippen LogP contribution in [-0.4, -0.2) is 46.0 Å². The van der Waals surface area contributed by atoms with Gasteiger partial charge < -0.3 is 9.47 Å². The first-order valence-electron chi connectivity index (χ1n) is 8.30. The summed E-state index contributed by atoms with van der Waals surface area (Å²) in [4.78, 5) is 1.39. The molecule has 0 radical (unpaired) electrons. The molecule has 0 amide bonds. The molecule has 0 bridgehead atoms. The van der Waals surface area contributed by atoms with Crippen LogP contribution in [0.2, 0.25) is 0 Å². The molecular formula is C19H25NO4S2. The SMILES string of the molecule is COCN(CCCSc1cccc(OC)c1)S(=O)(=O)c1ccc(C)cc1. The molecule has 0 atom stereocenters. The Labute approximate surface area is 160 Å². The zero-order chi connectivity index (χ0) is 19.0. The van der Waals surface area contributed by atoms with Crippen molar-refractivity contribution in [1.82, 2.24) is 4.31 Å². The lowest BCUT2D eigenvalue weighted by atomic mass is 10.2. The fourth-order valence-electron chi connectivity index (χ4n) is 2.38. The number of sulfonamides is 1. The van der Waals surface area contributed by atoms with Crippen LogP contribution in [0.25, 0.3) is 0 Å². The predicted molar refractivity (Wildman–Crippen MR) is 105 cm³/mol. The van der Waals surface area contributed by atoms with E-state index in [0.717, 1.165) is 28.4 Å². The molecule has 2 aromatic rings. The van der Waals surface area contributed by atoms with E-state index >= 15 is 0 Å². The molecule has 7 heteroatoms. The zero-order valence-electron chi connectivity index (χ0n) is 15.3. The standard InChI is InChI=1S/C19H25NO4S2/c1-16-8-10-19(11-9-16)26(21,22)20(15-23-2)12-5-13-25-18-7-4-6-17(14-18)24-3/h4,6-11,14H,5,12-13,15H2,1-3H3. The highest BCUT2D eigenvalue weighted by molar-refractivity contribution is 7.99. The molecule has 0 aromatic heterocycles. The van der Waals surface area contributed by atoms with Crippen molar-refractivity contribution in [3.05, 3.63) is 54.1 Å². The molecule has 5 nitrogen and oxygen atoms in total. The van der Waals surface area contributed by atoms with Crippen LogP contribution >= 0.6 is 11.8 Å². The monoisotopic (exact) mass is 395 g/mol. The molecule has 26 heavy (non-hydrogen) atoms. The second-order valence-corrected chi connectivity index (χ2v) is 8.90. The number of methoxy groups -OCH3 is 2. The quantitative estimate of drug-likeness (QED) is 0.348. The second-order valence-electron chi connectivity index (χ2n) is 5.79. The number of ether oxygens (including phenoxy) is 2. The summed E-state index contributed by atoms with van der Waals surface area (Å²) in [6.45, 7) is 2.38. The molecule has 0 aliphatic carbocycles. The maximum atomic E-state index is 12.8. The summed E-state index contributed by atoms with van der Waals surface area (Å²) in [5.74, 6) is 1.62. The van der Waals surface area contributed by atoms with Gasteiger partial charge in [-0.05, 0) is 49.4 Å². The van der Waals surface area contributed by atoms with Gasteiger partial charge in [0.25, 0.3) is 0 Å². The van der Waals surface area contributed by atoms with E-state index in [2.05, 4.69) is 0 Å². The Hall–Kier alpha value is -1.54. The third-order valence-corrected chi connectivity index (χ3v) is 6.71. The van der Waals surface area contributed by atoms with Crippen molar-refractivity contribution in [2.45, 2.75) is 23.1 Å². The first-order valence-corrected chi connectivity index (χ1v) is 10.7. The Kier molecular flexibility index (Phi) is 7.96. The lowest BCUT2D eigenvalue weighted by Gasteiger charge is -2.21. The van der Waals surface area contributed by atoms with Crippen molar-refractivity contribution in [3.8, 4) is 5.75 Å². The molecule has 0 heterocycles. The summed E-state index contributed by atoms with van der Waals surface area (Å²) in [5.41, 5.74) is 1.02. The van der Waals surface area contributed by atoms with E-state index in [-0.39, 0.29) is 6.73 Å². The summed E-state index contributed by atoms with van der Waals surface area (Å²) in [7, 11) is -0.413. The van der Waals surface area contributed by atoms with Gasteiger partial charge in [-0.3, -0.25) is 0 Å². The Morgan fingerprint density at radius 3 is 2.46 bits per heavy atom. The summed E-state index contributed by atoms with van der Waals surface area (Å²) >= 11 is 1.68. The molecule has 0 aliphatic rings. The normalized spacial score (nSPS) is 11.7. The largest absolute Gasteiger partial charge is 0.497 e. The topological polar surface area (TPSA) is 55.8 Å². The number of nitrogens with zero attached hydrogens (tertiary/aromatic N) is 1. The van der Waals surface area contributed by atoms with Gasteiger partial charge in [0.05, 0.1) is 12.0 Å². The Morgan fingerprint density at radius 1 is 1.08 bits per heavy atom. The van der Waals surface area contributed by atoms with Crippen molar-refractivity contribution < 1.29 is 17.9 Å². The highest BCUT2D eigenvalue weighted by Crippen LogP contribution is 2.24. The van der Waals surface area contributed by atoms with Crippen LogP contribution in [0.5, 0.6) is 5.75 Å². The summed E-state index contributed by atoms with van der Waals surface area (Å²) in [6.07, 6.45) is 0.719. The molecular weight excluding hydrogens is 370 g/mol. The number of benzene rings is 2. The summed E-state index contributed by atoms with van der Waals surface area (Å²) < 4.78 is 37.3. The maximum absolute atomic E-state index is 12.8. The van der Waals surface area contributed by atoms with Crippen molar-refractivity contribution in [3.63, 3.8) is 0 Å².